The Morgan fingerprint density at radius 3 is 2.50 bits per heavy atom. The van der Waals surface area contributed by atoms with Crippen LogP contribution in [0.4, 0.5) is 5.69 Å². The predicted octanol–water partition coefficient (Wildman–Crippen LogP) is 4.64. The average molecular weight is 416 g/mol. The molecular formula is C24H21N3O2S. The van der Waals surface area contributed by atoms with Crippen LogP contribution in [0.25, 0.3) is 10.8 Å². The molecule has 1 N–H and O–H groups in total. The van der Waals surface area contributed by atoms with E-state index in [1.54, 1.807) is 6.92 Å². The van der Waals surface area contributed by atoms with Crippen LogP contribution >= 0.6 is 11.8 Å². The van der Waals surface area contributed by atoms with Gasteiger partial charge in [-0.2, -0.15) is 0 Å². The highest BCUT2D eigenvalue weighted by atomic mass is 32.2. The molecule has 0 aliphatic rings. The van der Waals surface area contributed by atoms with Crippen LogP contribution in [0.3, 0.4) is 0 Å². The number of nitrogens with one attached hydrogen (secondary N) is 1. The second-order valence-corrected chi connectivity index (χ2v) is 7.93. The van der Waals surface area contributed by atoms with Gasteiger partial charge in [-0.3, -0.25) is 14.2 Å². The molecule has 0 aliphatic heterocycles. The Bertz CT molecular complexity index is 1250. The van der Waals surface area contributed by atoms with Crippen LogP contribution in [-0.4, -0.2) is 15.5 Å². The van der Waals surface area contributed by atoms with E-state index in [-0.39, 0.29) is 18.0 Å². The van der Waals surface area contributed by atoms with Gasteiger partial charge in [0.25, 0.3) is 5.56 Å². The highest BCUT2D eigenvalue weighted by Crippen LogP contribution is 2.21. The Hall–Kier alpha value is -3.38. The summed E-state index contributed by atoms with van der Waals surface area (Å²) in [6.45, 7) is 1.70. The van der Waals surface area contributed by atoms with Gasteiger partial charge in [0.1, 0.15) is 6.54 Å². The predicted molar refractivity (Wildman–Crippen MR) is 122 cm³/mol. The van der Waals surface area contributed by atoms with Crippen molar-refractivity contribution in [3.63, 3.8) is 0 Å². The van der Waals surface area contributed by atoms with Crippen molar-refractivity contribution in [1.82, 2.24) is 9.55 Å². The molecule has 3 aromatic carbocycles. The second-order valence-electron chi connectivity index (χ2n) is 6.99. The number of nitrogens with zero attached hydrogens (tertiary/aromatic N) is 2. The van der Waals surface area contributed by atoms with Gasteiger partial charge >= 0.3 is 0 Å². The molecule has 5 nitrogen and oxygen atoms in total. The Morgan fingerprint density at radius 2 is 1.70 bits per heavy atom. The molecule has 0 spiro atoms. The smallest absolute Gasteiger partial charge is 0.254 e. The summed E-state index contributed by atoms with van der Waals surface area (Å²) in [5.74, 6) is 0.405. The molecule has 30 heavy (non-hydrogen) atoms. The van der Waals surface area contributed by atoms with Crippen molar-refractivity contribution in [3.05, 3.63) is 100 Å². The van der Waals surface area contributed by atoms with E-state index in [4.69, 9.17) is 0 Å². The Balaban J connectivity index is 1.52. The van der Waals surface area contributed by atoms with Crippen LogP contribution < -0.4 is 10.9 Å². The molecule has 150 valence electrons. The molecule has 0 bridgehead atoms. The van der Waals surface area contributed by atoms with Crippen LogP contribution in [0.15, 0.2) is 88.8 Å². The number of benzene rings is 3. The number of carbonyl (C=O) groups is 1. The summed E-state index contributed by atoms with van der Waals surface area (Å²) in [6.07, 6.45) is 0. The average Bonchev–Trinajstić information content (AvgIpc) is 2.75. The van der Waals surface area contributed by atoms with Crippen molar-refractivity contribution < 1.29 is 4.79 Å². The van der Waals surface area contributed by atoms with Crippen molar-refractivity contribution in [2.24, 2.45) is 0 Å². The first-order chi connectivity index (χ1) is 14.6. The van der Waals surface area contributed by atoms with Crippen LogP contribution in [0.5, 0.6) is 0 Å². The van der Waals surface area contributed by atoms with Gasteiger partial charge in [0.15, 0.2) is 5.16 Å². The van der Waals surface area contributed by atoms with E-state index in [0.717, 1.165) is 16.3 Å². The van der Waals surface area contributed by atoms with Crippen molar-refractivity contribution in [2.45, 2.75) is 24.4 Å². The van der Waals surface area contributed by atoms with E-state index >= 15 is 0 Å². The van der Waals surface area contributed by atoms with E-state index in [0.29, 0.717) is 22.3 Å². The van der Waals surface area contributed by atoms with E-state index in [1.807, 2.05) is 72.8 Å². The normalized spacial score (nSPS) is 10.8. The van der Waals surface area contributed by atoms with Crippen molar-refractivity contribution in [1.29, 1.82) is 0 Å². The molecule has 6 heteroatoms. The molecule has 0 radical (unpaired) electrons. The number of thioether (sulfide) groups is 1. The zero-order valence-corrected chi connectivity index (χ0v) is 17.4. The van der Waals surface area contributed by atoms with Gasteiger partial charge in [-0.25, -0.2) is 4.98 Å². The van der Waals surface area contributed by atoms with Gasteiger partial charge in [0.2, 0.25) is 5.91 Å². The third-order valence-corrected chi connectivity index (χ3v) is 5.69. The van der Waals surface area contributed by atoms with Crippen LogP contribution in [-0.2, 0) is 17.1 Å². The maximum absolute atomic E-state index is 12.7. The Labute approximate surface area is 178 Å². The van der Waals surface area contributed by atoms with Gasteiger partial charge in [0.05, 0.1) is 0 Å². The summed E-state index contributed by atoms with van der Waals surface area (Å²) >= 11 is 1.45. The number of anilines is 1. The van der Waals surface area contributed by atoms with Gasteiger partial charge < -0.3 is 5.32 Å². The van der Waals surface area contributed by atoms with Gasteiger partial charge in [-0.15, -0.1) is 0 Å². The molecule has 0 saturated heterocycles. The number of rotatable bonds is 6. The third kappa shape index (κ3) is 4.78. The highest BCUT2D eigenvalue weighted by Gasteiger charge is 2.13. The van der Waals surface area contributed by atoms with E-state index in [1.165, 1.54) is 22.4 Å². The molecule has 0 aliphatic carbocycles. The number of fused-ring (bicyclic) bond motifs is 1. The lowest BCUT2D eigenvalue weighted by Crippen LogP contribution is -2.29. The van der Waals surface area contributed by atoms with Crippen LogP contribution in [0.1, 0.15) is 11.3 Å². The zero-order chi connectivity index (χ0) is 20.9. The summed E-state index contributed by atoms with van der Waals surface area (Å²) in [6, 6.07) is 25.1. The summed E-state index contributed by atoms with van der Waals surface area (Å²) in [5.41, 5.74) is 2.24. The first-order valence-corrected chi connectivity index (χ1v) is 10.6. The van der Waals surface area contributed by atoms with Crippen molar-refractivity contribution >= 4 is 34.1 Å². The largest absolute Gasteiger partial charge is 0.325 e. The summed E-state index contributed by atoms with van der Waals surface area (Å²) in [4.78, 5) is 29.7. The summed E-state index contributed by atoms with van der Waals surface area (Å²) in [7, 11) is 0. The van der Waals surface area contributed by atoms with Crippen molar-refractivity contribution in [2.75, 3.05) is 5.32 Å². The maximum atomic E-state index is 12.7. The molecule has 4 rings (SSSR count). The lowest BCUT2D eigenvalue weighted by atomic mass is 10.1. The number of hydrogen-bond donors (Lipinski definition) is 1. The number of carbonyl (C=O) groups excluding carboxylic acids is 1. The summed E-state index contributed by atoms with van der Waals surface area (Å²) < 4.78 is 1.43. The van der Waals surface area contributed by atoms with Crippen molar-refractivity contribution in [3.8, 4) is 0 Å². The number of aryl methyl sites for hydroxylation is 1. The van der Waals surface area contributed by atoms with Gasteiger partial charge in [0, 0.05) is 23.2 Å². The molecule has 4 aromatic rings. The summed E-state index contributed by atoms with van der Waals surface area (Å²) in [5, 5.41) is 5.58. The topological polar surface area (TPSA) is 64.0 Å². The molecular weight excluding hydrogens is 394 g/mol. The maximum Gasteiger partial charge on any atom is 0.254 e. The monoisotopic (exact) mass is 415 g/mol. The third-order valence-electron chi connectivity index (χ3n) is 4.65. The lowest BCUT2D eigenvalue weighted by Gasteiger charge is -2.13. The second kappa shape index (κ2) is 8.97. The molecule has 1 amide bonds. The fourth-order valence-electron chi connectivity index (χ4n) is 3.18. The number of aromatic nitrogens is 2. The molecule has 0 saturated carbocycles. The Kier molecular flexibility index (Phi) is 5.95. The van der Waals surface area contributed by atoms with E-state index < -0.39 is 0 Å². The minimum absolute atomic E-state index is 0.0872. The fraction of sp³-hybridized carbons (Fsp3) is 0.125. The molecule has 0 atom stereocenters. The SMILES string of the molecule is Cc1cc(=O)n(CC(=O)Nc2ccc3ccccc3c2)c(SCc2ccccc2)n1. The van der Waals surface area contributed by atoms with Crippen LogP contribution in [0, 0.1) is 6.92 Å². The van der Waals surface area contributed by atoms with Crippen LogP contribution in [0.2, 0.25) is 0 Å². The number of amides is 1. The number of hydrogen-bond acceptors (Lipinski definition) is 4. The standard InChI is InChI=1S/C24H21N3O2S/c1-17-13-23(29)27(24(25-17)30-16-18-7-3-2-4-8-18)15-22(28)26-21-12-11-19-9-5-6-10-20(19)14-21/h2-14H,15-16H2,1H3,(H,26,28). The molecule has 0 fully saturated rings. The molecule has 1 aromatic heterocycles. The molecule has 1 heterocycles. The highest BCUT2D eigenvalue weighted by molar-refractivity contribution is 7.98. The van der Waals surface area contributed by atoms with Gasteiger partial charge in [-0.05, 0) is 35.4 Å². The fourth-order valence-corrected chi connectivity index (χ4v) is 4.19. The van der Waals surface area contributed by atoms with E-state index in [2.05, 4.69) is 10.3 Å². The minimum Gasteiger partial charge on any atom is -0.325 e. The Morgan fingerprint density at radius 1 is 0.967 bits per heavy atom. The van der Waals surface area contributed by atoms with Gasteiger partial charge in [-0.1, -0.05) is 72.4 Å². The first kappa shape index (κ1) is 19.9. The van der Waals surface area contributed by atoms with E-state index in [9.17, 15) is 9.59 Å². The first-order valence-electron chi connectivity index (χ1n) is 9.62. The quantitative estimate of drug-likeness (QED) is 0.368. The lowest BCUT2D eigenvalue weighted by molar-refractivity contribution is -0.116. The molecule has 0 unspecified atom stereocenters. The zero-order valence-electron chi connectivity index (χ0n) is 16.5. The minimum atomic E-state index is -0.264.